The molecule has 0 radical (unpaired) electrons. The van der Waals surface area contributed by atoms with Gasteiger partial charge in [0.1, 0.15) is 11.9 Å². The summed E-state index contributed by atoms with van der Waals surface area (Å²) in [6.07, 6.45) is 6.97. The van der Waals surface area contributed by atoms with Crippen LogP contribution in [0, 0.1) is 5.92 Å². The van der Waals surface area contributed by atoms with Crippen molar-refractivity contribution < 1.29 is 4.74 Å². The van der Waals surface area contributed by atoms with Gasteiger partial charge in [-0.1, -0.05) is 12.1 Å². The molecule has 1 aromatic rings. The third kappa shape index (κ3) is 0.934. The molecule has 2 unspecified atom stereocenters. The quantitative estimate of drug-likeness (QED) is 0.753. The predicted molar refractivity (Wildman–Crippen MR) is 70.0 cm³/mol. The SMILES string of the molecule is c1cc2c3c(c1)OC1CCCC4[C@@H](C2)NCC[C@]314. The maximum absolute atomic E-state index is 6.35. The largest absolute Gasteiger partial charge is 0.489 e. The Balaban J connectivity index is 1.83. The fraction of sp³-hybridized carbons (Fsp3) is 0.625. The van der Waals surface area contributed by atoms with Crippen molar-refractivity contribution in [2.45, 2.75) is 49.7 Å². The molecule has 2 aliphatic carbocycles. The van der Waals surface area contributed by atoms with Gasteiger partial charge in [0.25, 0.3) is 0 Å². The summed E-state index contributed by atoms with van der Waals surface area (Å²) in [5, 5.41) is 3.77. The minimum Gasteiger partial charge on any atom is -0.489 e. The van der Waals surface area contributed by atoms with Gasteiger partial charge in [-0.05, 0) is 56.2 Å². The minimum absolute atomic E-state index is 0.373. The molecule has 2 heteroatoms. The Labute approximate surface area is 108 Å². The van der Waals surface area contributed by atoms with Crippen LogP contribution in [0.3, 0.4) is 0 Å². The van der Waals surface area contributed by atoms with Gasteiger partial charge >= 0.3 is 0 Å². The molecular formula is C16H19NO. The Morgan fingerprint density at radius 3 is 3.28 bits per heavy atom. The molecule has 1 saturated heterocycles. The molecule has 2 heterocycles. The van der Waals surface area contributed by atoms with E-state index in [4.69, 9.17) is 4.74 Å². The van der Waals surface area contributed by atoms with E-state index in [0.717, 1.165) is 5.92 Å². The normalized spacial score (nSPS) is 43.2. The molecule has 4 aliphatic rings. The molecule has 1 aromatic carbocycles. The molecule has 5 rings (SSSR count). The molecule has 2 bridgehead atoms. The van der Waals surface area contributed by atoms with Gasteiger partial charge in [-0.2, -0.15) is 0 Å². The lowest BCUT2D eigenvalue weighted by Crippen LogP contribution is -2.63. The average Bonchev–Trinajstić information content (AvgIpc) is 2.70. The molecule has 1 N–H and O–H groups in total. The Kier molecular flexibility index (Phi) is 1.70. The second-order valence-corrected chi connectivity index (χ2v) is 6.49. The maximum atomic E-state index is 6.35. The zero-order chi connectivity index (χ0) is 11.7. The van der Waals surface area contributed by atoms with Crippen molar-refractivity contribution in [2.24, 2.45) is 5.92 Å². The number of hydrogen-bond acceptors (Lipinski definition) is 2. The van der Waals surface area contributed by atoms with E-state index in [1.54, 1.807) is 11.1 Å². The third-order valence-corrected chi connectivity index (χ3v) is 5.94. The summed E-state index contributed by atoms with van der Waals surface area (Å²) in [6, 6.07) is 7.41. The fourth-order valence-electron chi connectivity index (χ4n) is 5.40. The first-order chi connectivity index (χ1) is 8.89. The van der Waals surface area contributed by atoms with Crippen LogP contribution in [0.1, 0.15) is 36.8 Å². The van der Waals surface area contributed by atoms with Crippen LogP contribution < -0.4 is 10.1 Å². The van der Waals surface area contributed by atoms with E-state index >= 15 is 0 Å². The summed E-state index contributed by atoms with van der Waals surface area (Å²) in [6.45, 7) is 1.18. The van der Waals surface area contributed by atoms with Crippen molar-refractivity contribution in [1.29, 1.82) is 0 Å². The fourth-order valence-corrected chi connectivity index (χ4v) is 5.40. The Morgan fingerprint density at radius 2 is 2.28 bits per heavy atom. The van der Waals surface area contributed by atoms with Crippen molar-refractivity contribution in [3.05, 3.63) is 29.3 Å². The lowest BCUT2D eigenvalue weighted by molar-refractivity contribution is 0.00338. The monoisotopic (exact) mass is 241 g/mol. The van der Waals surface area contributed by atoms with Gasteiger partial charge in [0.15, 0.2) is 0 Å². The number of nitrogens with one attached hydrogen (secondary N) is 1. The third-order valence-electron chi connectivity index (χ3n) is 5.94. The Bertz CT molecular complexity index is 526. The smallest absolute Gasteiger partial charge is 0.123 e. The molecule has 18 heavy (non-hydrogen) atoms. The number of piperidine rings is 1. The topological polar surface area (TPSA) is 21.3 Å². The summed E-state index contributed by atoms with van der Waals surface area (Å²) in [5.74, 6) is 2.03. The summed E-state index contributed by atoms with van der Waals surface area (Å²) in [4.78, 5) is 0. The molecule has 2 aliphatic heterocycles. The van der Waals surface area contributed by atoms with Gasteiger partial charge in [0.2, 0.25) is 0 Å². The zero-order valence-corrected chi connectivity index (χ0v) is 10.6. The van der Waals surface area contributed by atoms with Crippen molar-refractivity contribution in [3.8, 4) is 5.75 Å². The molecule has 0 amide bonds. The summed E-state index contributed by atoms with van der Waals surface area (Å²) in [5.41, 5.74) is 3.54. The van der Waals surface area contributed by atoms with Crippen LogP contribution in [0.5, 0.6) is 5.75 Å². The number of benzene rings is 1. The first-order valence-corrected chi connectivity index (χ1v) is 7.42. The summed E-state index contributed by atoms with van der Waals surface area (Å²) in [7, 11) is 0. The van der Waals surface area contributed by atoms with Gasteiger partial charge in [-0.15, -0.1) is 0 Å². The highest BCUT2D eigenvalue weighted by atomic mass is 16.5. The lowest BCUT2D eigenvalue weighted by atomic mass is 9.52. The molecule has 1 spiro atoms. The molecule has 1 saturated carbocycles. The highest BCUT2D eigenvalue weighted by Crippen LogP contribution is 2.60. The van der Waals surface area contributed by atoms with Gasteiger partial charge in [0.05, 0.1) is 0 Å². The molecule has 94 valence electrons. The maximum Gasteiger partial charge on any atom is 0.123 e. The highest BCUT2D eigenvalue weighted by Gasteiger charge is 2.61. The Hall–Kier alpha value is -1.02. The first kappa shape index (κ1) is 9.85. The summed E-state index contributed by atoms with van der Waals surface area (Å²) < 4.78 is 6.35. The van der Waals surface area contributed by atoms with E-state index < -0.39 is 0 Å². The van der Waals surface area contributed by atoms with Gasteiger partial charge in [-0.25, -0.2) is 0 Å². The zero-order valence-electron chi connectivity index (χ0n) is 10.6. The van der Waals surface area contributed by atoms with Crippen molar-refractivity contribution in [3.63, 3.8) is 0 Å². The lowest BCUT2D eigenvalue weighted by Gasteiger charge is -2.55. The van der Waals surface area contributed by atoms with E-state index in [-0.39, 0.29) is 0 Å². The van der Waals surface area contributed by atoms with Crippen LogP contribution in [0.15, 0.2) is 18.2 Å². The number of rotatable bonds is 0. The molecule has 0 aromatic heterocycles. The second kappa shape index (κ2) is 3.11. The van der Waals surface area contributed by atoms with E-state index in [1.807, 2.05) is 0 Å². The van der Waals surface area contributed by atoms with Crippen molar-refractivity contribution in [1.82, 2.24) is 5.32 Å². The van der Waals surface area contributed by atoms with Crippen LogP contribution in [-0.4, -0.2) is 18.7 Å². The molecule has 2 fully saturated rings. The van der Waals surface area contributed by atoms with E-state index in [9.17, 15) is 0 Å². The van der Waals surface area contributed by atoms with Crippen molar-refractivity contribution in [2.75, 3.05) is 6.54 Å². The minimum atomic E-state index is 0.373. The van der Waals surface area contributed by atoms with Crippen LogP contribution >= 0.6 is 0 Å². The standard InChI is InChI=1S/C16H19NO/c1-3-10-9-12-11-4-2-6-14-16(11,7-8-17-12)15(10)13(5-1)18-14/h1,3,5,11-12,14,17H,2,4,6-9H2/t11?,12-,14?,16-/m1/s1. The van der Waals surface area contributed by atoms with Gasteiger partial charge < -0.3 is 10.1 Å². The average molecular weight is 241 g/mol. The van der Waals surface area contributed by atoms with Gasteiger partial charge in [-0.3, -0.25) is 0 Å². The predicted octanol–water partition coefficient (Wildman–Crippen LogP) is 2.40. The van der Waals surface area contributed by atoms with Crippen LogP contribution in [0.4, 0.5) is 0 Å². The van der Waals surface area contributed by atoms with Gasteiger partial charge in [0, 0.05) is 17.0 Å². The summed E-state index contributed by atoms with van der Waals surface area (Å²) >= 11 is 0. The second-order valence-electron chi connectivity index (χ2n) is 6.49. The molecular weight excluding hydrogens is 222 g/mol. The van der Waals surface area contributed by atoms with E-state index in [2.05, 4.69) is 23.5 Å². The highest BCUT2D eigenvalue weighted by molar-refractivity contribution is 5.54. The van der Waals surface area contributed by atoms with Crippen molar-refractivity contribution >= 4 is 0 Å². The molecule has 2 nitrogen and oxygen atoms in total. The molecule has 4 atom stereocenters. The van der Waals surface area contributed by atoms with E-state index in [0.29, 0.717) is 17.6 Å². The van der Waals surface area contributed by atoms with Crippen LogP contribution in [-0.2, 0) is 11.8 Å². The number of hydrogen-bond donors (Lipinski definition) is 1. The van der Waals surface area contributed by atoms with Crippen LogP contribution in [0.2, 0.25) is 0 Å². The number of ether oxygens (including phenoxy) is 1. The Morgan fingerprint density at radius 1 is 1.28 bits per heavy atom. The van der Waals surface area contributed by atoms with Crippen LogP contribution in [0.25, 0.3) is 0 Å². The van der Waals surface area contributed by atoms with E-state index in [1.165, 1.54) is 44.4 Å². The first-order valence-electron chi connectivity index (χ1n) is 7.42.